The van der Waals surface area contributed by atoms with Gasteiger partial charge in [-0.1, -0.05) is 29.8 Å². The average molecular weight is 261 g/mol. The van der Waals surface area contributed by atoms with Crippen LogP contribution in [-0.4, -0.2) is 23.4 Å². The van der Waals surface area contributed by atoms with E-state index in [0.717, 1.165) is 5.56 Å². The second-order valence-corrected chi connectivity index (χ2v) is 5.07. The van der Waals surface area contributed by atoms with E-state index in [1.54, 1.807) is 12.1 Å². The van der Waals surface area contributed by atoms with Crippen LogP contribution in [0.2, 0.25) is 0 Å². The summed E-state index contributed by atoms with van der Waals surface area (Å²) in [5.74, 6) is 0. The first-order chi connectivity index (χ1) is 8.15. The van der Waals surface area contributed by atoms with E-state index < -0.39 is 17.8 Å². The van der Waals surface area contributed by atoms with Gasteiger partial charge in [0, 0.05) is 5.54 Å². The van der Waals surface area contributed by atoms with Gasteiger partial charge in [-0.05, 0) is 26.3 Å². The zero-order valence-electron chi connectivity index (χ0n) is 10.7. The third kappa shape index (κ3) is 3.99. The molecule has 0 saturated heterocycles. The lowest BCUT2D eigenvalue weighted by Gasteiger charge is -2.31. The van der Waals surface area contributed by atoms with E-state index in [9.17, 15) is 13.2 Å². The topological polar surface area (TPSA) is 32.3 Å². The Bertz CT molecular complexity index is 384. The van der Waals surface area contributed by atoms with Crippen molar-refractivity contribution in [1.82, 2.24) is 5.32 Å². The summed E-state index contributed by atoms with van der Waals surface area (Å²) in [5, 5.41) is 11.5. The fraction of sp³-hybridized carbons (Fsp3) is 0.538. The summed E-state index contributed by atoms with van der Waals surface area (Å²) in [6, 6.07) is 4.41. The van der Waals surface area contributed by atoms with Crippen LogP contribution >= 0.6 is 0 Å². The van der Waals surface area contributed by atoms with Crippen LogP contribution in [0.3, 0.4) is 0 Å². The van der Waals surface area contributed by atoms with E-state index in [4.69, 9.17) is 5.11 Å². The molecule has 0 bridgehead atoms. The van der Waals surface area contributed by atoms with Gasteiger partial charge in [-0.2, -0.15) is 13.2 Å². The van der Waals surface area contributed by atoms with Crippen molar-refractivity contribution in [1.29, 1.82) is 0 Å². The predicted molar refractivity (Wildman–Crippen MR) is 64.3 cm³/mol. The van der Waals surface area contributed by atoms with E-state index in [1.807, 2.05) is 6.92 Å². The molecular weight excluding hydrogens is 243 g/mol. The summed E-state index contributed by atoms with van der Waals surface area (Å²) >= 11 is 0. The number of aliphatic hydroxyl groups excluding tert-OH is 1. The maximum Gasteiger partial charge on any atom is 0.407 e. The molecule has 0 radical (unpaired) electrons. The molecule has 2 N–H and O–H groups in total. The van der Waals surface area contributed by atoms with Crippen LogP contribution in [-0.2, 0) is 0 Å². The molecule has 1 unspecified atom stereocenters. The van der Waals surface area contributed by atoms with E-state index in [2.05, 4.69) is 5.32 Å². The standard InChI is InChI=1S/C13H18F3NO/c1-9-4-6-10(7-5-9)11(13(14,15)16)17-12(2,3)8-18/h4-7,11,17-18H,8H2,1-3H3. The van der Waals surface area contributed by atoms with E-state index in [1.165, 1.54) is 26.0 Å². The predicted octanol–water partition coefficient (Wildman–Crippen LogP) is 2.96. The molecule has 1 rings (SSSR count). The Morgan fingerprint density at radius 1 is 1.17 bits per heavy atom. The lowest BCUT2D eigenvalue weighted by atomic mass is 9.99. The van der Waals surface area contributed by atoms with Gasteiger partial charge >= 0.3 is 6.18 Å². The second kappa shape index (κ2) is 5.28. The molecule has 5 heteroatoms. The lowest BCUT2D eigenvalue weighted by Crippen LogP contribution is -2.49. The van der Waals surface area contributed by atoms with Crippen LogP contribution in [0.4, 0.5) is 13.2 Å². The van der Waals surface area contributed by atoms with Crippen molar-refractivity contribution in [3.63, 3.8) is 0 Å². The van der Waals surface area contributed by atoms with Gasteiger partial charge in [0.2, 0.25) is 0 Å². The highest BCUT2D eigenvalue weighted by Crippen LogP contribution is 2.34. The number of halogens is 3. The van der Waals surface area contributed by atoms with Crippen LogP contribution in [0.15, 0.2) is 24.3 Å². The van der Waals surface area contributed by atoms with Gasteiger partial charge in [0.15, 0.2) is 0 Å². The number of rotatable bonds is 4. The van der Waals surface area contributed by atoms with Crippen molar-refractivity contribution in [2.45, 2.75) is 38.5 Å². The largest absolute Gasteiger partial charge is 0.407 e. The highest BCUT2D eigenvalue weighted by Gasteiger charge is 2.43. The molecule has 0 fully saturated rings. The van der Waals surface area contributed by atoms with Crippen molar-refractivity contribution in [2.24, 2.45) is 0 Å². The number of aliphatic hydroxyl groups is 1. The minimum absolute atomic E-state index is 0.148. The minimum Gasteiger partial charge on any atom is -0.394 e. The molecular formula is C13H18F3NO. The molecule has 1 aromatic rings. The Labute approximate surface area is 105 Å². The molecule has 1 aromatic carbocycles. The lowest BCUT2D eigenvalue weighted by molar-refractivity contribution is -0.163. The highest BCUT2D eigenvalue weighted by molar-refractivity contribution is 5.25. The maximum atomic E-state index is 13.0. The summed E-state index contributed by atoms with van der Waals surface area (Å²) < 4.78 is 39.1. The zero-order valence-corrected chi connectivity index (χ0v) is 10.7. The molecule has 1 atom stereocenters. The summed E-state index contributed by atoms with van der Waals surface area (Å²) in [6.07, 6.45) is -4.40. The molecule has 0 aliphatic heterocycles. The summed E-state index contributed by atoms with van der Waals surface area (Å²) in [6.45, 7) is 4.50. The smallest absolute Gasteiger partial charge is 0.394 e. The molecule has 2 nitrogen and oxygen atoms in total. The van der Waals surface area contributed by atoms with Gasteiger partial charge in [0.25, 0.3) is 0 Å². The first-order valence-corrected chi connectivity index (χ1v) is 5.67. The number of aryl methyl sites for hydroxylation is 1. The summed E-state index contributed by atoms with van der Waals surface area (Å²) in [4.78, 5) is 0. The van der Waals surface area contributed by atoms with E-state index in [-0.39, 0.29) is 12.2 Å². The maximum absolute atomic E-state index is 13.0. The molecule has 0 spiro atoms. The van der Waals surface area contributed by atoms with Gasteiger partial charge in [0.1, 0.15) is 6.04 Å². The third-order valence-electron chi connectivity index (χ3n) is 2.67. The average Bonchev–Trinajstić information content (AvgIpc) is 2.26. The highest BCUT2D eigenvalue weighted by atomic mass is 19.4. The zero-order chi connectivity index (χ0) is 14.0. The second-order valence-electron chi connectivity index (χ2n) is 5.07. The SMILES string of the molecule is Cc1ccc(C(NC(C)(C)CO)C(F)(F)F)cc1. The Morgan fingerprint density at radius 3 is 2.06 bits per heavy atom. The normalized spacial score (nSPS) is 14.6. The van der Waals surface area contributed by atoms with Crippen LogP contribution in [0.5, 0.6) is 0 Å². The molecule has 0 aromatic heterocycles. The quantitative estimate of drug-likeness (QED) is 0.873. The fourth-order valence-electron chi connectivity index (χ4n) is 1.55. The van der Waals surface area contributed by atoms with Crippen molar-refractivity contribution in [3.8, 4) is 0 Å². The Kier molecular flexibility index (Phi) is 4.40. The Balaban J connectivity index is 3.03. The minimum atomic E-state index is -4.40. The van der Waals surface area contributed by atoms with Crippen molar-refractivity contribution >= 4 is 0 Å². The van der Waals surface area contributed by atoms with Gasteiger partial charge in [-0.3, -0.25) is 5.32 Å². The molecule has 0 heterocycles. The molecule has 102 valence electrons. The first kappa shape index (κ1) is 15.0. The molecule has 0 amide bonds. The molecule has 0 aliphatic carbocycles. The van der Waals surface area contributed by atoms with Crippen LogP contribution in [0, 0.1) is 6.92 Å². The van der Waals surface area contributed by atoms with Gasteiger partial charge in [-0.25, -0.2) is 0 Å². The van der Waals surface area contributed by atoms with E-state index in [0.29, 0.717) is 0 Å². The number of alkyl halides is 3. The van der Waals surface area contributed by atoms with Crippen LogP contribution in [0.1, 0.15) is 31.0 Å². The Morgan fingerprint density at radius 2 is 1.67 bits per heavy atom. The molecule has 18 heavy (non-hydrogen) atoms. The van der Waals surface area contributed by atoms with Crippen molar-refractivity contribution in [3.05, 3.63) is 35.4 Å². The molecule has 0 aliphatic rings. The summed E-state index contributed by atoms with van der Waals surface area (Å²) in [5.41, 5.74) is 0.0566. The van der Waals surface area contributed by atoms with Gasteiger partial charge in [0.05, 0.1) is 6.61 Å². The Hall–Kier alpha value is -1.07. The number of hydrogen-bond donors (Lipinski definition) is 2. The van der Waals surface area contributed by atoms with E-state index >= 15 is 0 Å². The van der Waals surface area contributed by atoms with Crippen molar-refractivity contribution < 1.29 is 18.3 Å². The molecule has 0 saturated carbocycles. The first-order valence-electron chi connectivity index (χ1n) is 5.67. The summed E-state index contributed by atoms with van der Waals surface area (Å²) in [7, 11) is 0. The van der Waals surface area contributed by atoms with Gasteiger partial charge in [-0.15, -0.1) is 0 Å². The van der Waals surface area contributed by atoms with Crippen molar-refractivity contribution in [2.75, 3.05) is 6.61 Å². The fourth-order valence-corrected chi connectivity index (χ4v) is 1.55. The van der Waals surface area contributed by atoms with Crippen LogP contribution < -0.4 is 5.32 Å². The number of nitrogens with one attached hydrogen (secondary N) is 1. The van der Waals surface area contributed by atoms with Gasteiger partial charge < -0.3 is 5.11 Å². The number of benzene rings is 1. The third-order valence-corrected chi connectivity index (χ3v) is 2.67. The monoisotopic (exact) mass is 261 g/mol. The van der Waals surface area contributed by atoms with Crippen LogP contribution in [0.25, 0.3) is 0 Å². The number of hydrogen-bond acceptors (Lipinski definition) is 2.